The van der Waals surface area contributed by atoms with Crippen molar-refractivity contribution >= 4 is 10.9 Å². The van der Waals surface area contributed by atoms with Gasteiger partial charge >= 0.3 is 0 Å². The van der Waals surface area contributed by atoms with Crippen molar-refractivity contribution in [3.8, 4) is 6.07 Å². The summed E-state index contributed by atoms with van der Waals surface area (Å²) < 4.78 is 13.3. The van der Waals surface area contributed by atoms with E-state index in [2.05, 4.69) is 20.9 Å². The van der Waals surface area contributed by atoms with Crippen LogP contribution in [-0.4, -0.2) is 28.0 Å². The van der Waals surface area contributed by atoms with E-state index in [0.29, 0.717) is 16.9 Å². The standard InChI is InChI=1S/C21H19FN4O/c22-17-5-6-19-18(11-17)21(27)25-20(24-19)16-7-9-26(10-8-16)13-15-3-1-14(12-23)2-4-15/h1-6,11,16H,7-10,13H2,(H,24,25,27). The lowest BCUT2D eigenvalue weighted by Gasteiger charge is -2.31. The first-order valence-electron chi connectivity index (χ1n) is 9.03. The Morgan fingerprint density at radius 1 is 1.19 bits per heavy atom. The highest BCUT2D eigenvalue weighted by Crippen LogP contribution is 2.26. The van der Waals surface area contributed by atoms with Crippen LogP contribution in [-0.2, 0) is 6.54 Å². The predicted octanol–water partition coefficient (Wildman–Crippen LogP) is 3.31. The van der Waals surface area contributed by atoms with Gasteiger partial charge in [-0.2, -0.15) is 5.26 Å². The lowest BCUT2D eigenvalue weighted by Crippen LogP contribution is -2.33. The van der Waals surface area contributed by atoms with Crippen molar-refractivity contribution in [2.24, 2.45) is 0 Å². The van der Waals surface area contributed by atoms with E-state index in [1.54, 1.807) is 6.07 Å². The van der Waals surface area contributed by atoms with E-state index in [-0.39, 0.29) is 16.9 Å². The number of piperidine rings is 1. The molecule has 0 aliphatic carbocycles. The Balaban J connectivity index is 1.44. The highest BCUT2D eigenvalue weighted by molar-refractivity contribution is 5.77. The number of likely N-dealkylation sites (tertiary alicyclic amines) is 1. The van der Waals surface area contributed by atoms with Gasteiger partial charge in [0.05, 0.1) is 22.5 Å². The molecule has 5 nitrogen and oxygen atoms in total. The molecule has 3 aromatic rings. The number of aromatic nitrogens is 2. The molecule has 4 rings (SSSR count). The van der Waals surface area contributed by atoms with Gasteiger partial charge in [-0.1, -0.05) is 12.1 Å². The van der Waals surface area contributed by atoms with Crippen molar-refractivity contribution in [1.82, 2.24) is 14.9 Å². The summed E-state index contributed by atoms with van der Waals surface area (Å²) in [6, 6.07) is 13.9. The van der Waals surface area contributed by atoms with Crippen LogP contribution in [0.5, 0.6) is 0 Å². The van der Waals surface area contributed by atoms with Gasteiger partial charge in [-0.15, -0.1) is 0 Å². The highest BCUT2D eigenvalue weighted by Gasteiger charge is 2.23. The summed E-state index contributed by atoms with van der Waals surface area (Å²) in [7, 11) is 0. The largest absolute Gasteiger partial charge is 0.310 e. The molecule has 1 aliphatic rings. The molecule has 0 amide bonds. The maximum absolute atomic E-state index is 13.3. The predicted molar refractivity (Wildman–Crippen MR) is 101 cm³/mol. The van der Waals surface area contributed by atoms with Gasteiger partial charge in [0.1, 0.15) is 11.6 Å². The number of aromatic amines is 1. The van der Waals surface area contributed by atoms with Crippen LogP contribution >= 0.6 is 0 Å². The number of nitrogens with one attached hydrogen (secondary N) is 1. The van der Waals surface area contributed by atoms with Crippen molar-refractivity contribution < 1.29 is 4.39 Å². The van der Waals surface area contributed by atoms with Gasteiger partial charge in [-0.25, -0.2) is 9.37 Å². The van der Waals surface area contributed by atoms with Crippen molar-refractivity contribution in [3.05, 3.63) is 75.6 Å². The third kappa shape index (κ3) is 3.74. The van der Waals surface area contributed by atoms with E-state index in [9.17, 15) is 9.18 Å². The smallest absolute Gasteiger partial charge is 0.258 e. The summed E-state index contributed by atoms with van der Waals surface area (Å²) in [5.74, 6) is 0.458. The summed E-state index contributed by atoms with van der Waals surface area (Å²) in [5.41, 5.74) is 2.11. The molecule has 1 saturated heterocycles. The van der Waals surface area contributed by atoms with Crippen LogP contribution in [0.15, 0.2) is 47.3 Å². The lowest BCUT2D eigenvalue weighted by atomic mass is 9.95. The summed E-state index contributed by atoms with van der Waals surface area (Å²) in [6.07, 6.45) is 1.82. The summed E-state index contributed by atoms with van der Waals surface area (Å²) in [4.78, 5) is 22.0. The molecule has 1 aromatic heterocycles. The Morgan fingerprint density at radius 2 is 1.93 bits per heavy atom. The molecular formula is C21H19FN4O. The van der Waals surface area contributed by atoms with Crippen LogP contribution in [0.3, 0.4) is 0 Å². The number of hydrogen-bond donors (Lipinski definition) is 1. The number of nitriles is 1. The zero-order chi connectivity index (χ0) is 18.8. The van der Waals surface area contributed by atoms with E-state index >= 15 is 0 Å². The molecule has 27 heavy (non-hydrogen) atoms. The quantitative estimate of drug-likeness (QED) is 0.776. The number of fused-ring (bicyclic) bond motifs is 1. The molecular weight excluding hydrogens is 343 g/mol. The molecule has 2 aromatic carbocycles. The van der Waals surface area contributed by atoms with Crippen molar-refractivity contribution in [1.29, 1.82) is 5.26 Å². The van der Waals surface area contributed by atoms with E-state index in [1.807, 2.05) is 24.3 Å². The number of H-pyrrole nitrogens is 1. The van der Waals surface area contributed by atoms with E-state index in [0.717, 1.165) is 32.5 Å². The Bertz CT molecular complexity index is 1060. The van der Waals surface area contributed by atoms with Crippen molar-refractivity contribution in [2.75, 3.05) is 13.1 Å². The molecule has 0 atom stereocenters. The molecule has 0 radical (unpaired) electrons. The maximum atomic E-state index is 13.3. The molecule has 1 N–H and O–H groups in total. The minimum absolute atomic E-state index is 0.198. The molecule has 0 spiro atoms. The first-order valence-corrected chi connectivity index (χ1v) is 9.03. The summed E-state index contributed by atoms with van der Waals surface area (Å²) in [6.45, 7) is 2.67. The average Bonchev–Trinajstić information content (AvgIpc) is 2.69. The van der Waals surface area contributed by atoms with E-state index in [1.165, 1.54) is 17.7 Å². The normalized spacial score (nSPS) is 15.7. The van der Waals surface area contributed by atoms with Crippen LogP contribution in [0.1, 0.15) is 35.7 Å². The summed E-state index contributed by atoms with van der Waals surface area (Å²) in [5, 5.41) is 9.17. The summed E-state index contributed by atoms with van der Waals surface area (Å²) >= 11 is 0. The van der Waals surface area contributed by atoms with E-state index < -0.39 is 5.82 Å². The Morgan fingerprint density at radius 3 is 2.63 bits per heavy atom. The molecule has 1 fully saturated rings. The van der Waals surface area contributed by atoms with Gasteiger partial charge in [0, 0.05) is 12.5 Å². The number of benzene rings is 2. The highest BCUT2D eigenvalue weighted by atomic mass is 19.1. The molecule has 0 unspecified atom stereocenters. The van der Waals surface area contributed by atoms with E-state index in [4.69, 9.17) is 5.26 Å². The molecule has 2 heterocycles. The van der Waals surface area contributed by atoms with Crippen LogP contribution in [0.25, 0.3) is 10.9 Å². The van der Waals surface area contributed by atoms with Crippen LogP contribution in [0.2, 0.25) is 0 Å². The molecule has 136 valence electrons. The van der Waals surface area contributed by atoms with Gasteiger partial charge in [0.15, 0.2) is 0 Å². The van der Waals surface area contributed by atoms with Gasteiger partial charge in [0.2, 0.25) is 0 Å². The van der Waals surface area contributed by atoms with Gasteiger partial charge < -0.3 is 4.98 Å². The zero-order valence-corrected chi connectivity index (χ0v) is 14.8. The Hall–Kier alpha value is -3.04. The van der Waals surface area contributed by atoms with Gasteiger partial charge in [0.25, 0.3) is 5.56 Å². The van der Waals surface area contributed by atoms with Gasteiger partial charge in [-0.3, -0.25) is 9.69 Å². The van der Waals surface area contributed by atoms with Gasteiger partial charge in [-0.05, 0) is 61.8 Å². The molecule has 0 bridgehead atoms. The fourth-order valence-electron chi connectivity index (χ4n) is 3.63. The number of hydrogen-bond acceptors (Lipinski definition) is 4. The minimum Gasteiger partial charge on any atom is -0.310 e. The monoisotopic (exact) mass is 362 g/mol. The number of nitrogens with zero attached hydrogens (tertiary/aromatic N) is 3. The topological polar surface area (TPSA) is 72.8 Å². The third-order valence-electron chi connectivity index (χ3n) is 5.15. The van der Waals surface area contributed by atoms with Crippen molar-refractivity contribution in [2.45, 2.75) is 25.3 Å². The second kappa shape index (κ2) is 7.29. The fourth-order valence-corrected chi connectivity index (χ4v) is 3.63. The van der Waals surface area contributed by atoms with Crippen LogP contribution in [0.4, 0.5) is 4.39 Å². The SMILES string of the molecule is N#Cc1ccc(CN2CCC(c3nc4ccc(F)cc4c(=O)[nH]3)CC2)cc1. The Kier molecular flexibility index (Phi) is 4.69. The zero-order valence-electron chi connectivity index (χ0n) is 14.8. The first kappa shape index (κ1) is 17.4. The first-order chi connectivity index (χ1) is 13.1. The molecule has 6 heteroatoms. The van der Waals surface area contributed by atoms with Crippen molar-refractivity contribution in [3.63, 3.8) is 0 Å². The number of rotatable bonds is 3. The Labute approximate surface area is 156 Å². The minimum atomic E-state index is -0.432. The third-order valence-corrected chi connectivity index (χ3v) is 5.15. The second-order valence-corrected chi connectivity index (χ2v) is 6.97. The average molecular weight is 362 g/mol. The molecule has 0 saturated carbocycles. The molecule has 1 aliphatic heterocycles. The van der Waals surface area contributed by atoms with Crippen LogP contribution < -0.4 is 5.56 Å². The van der Waals surface area contributed by atoms with Crippen LogP contribution in [0, 0.1) is 17.1 Å². The fraction of sp³-hybridized carbons (Fsp3) is 0.286. The lowest BCUT2D eigenvalue weighted by molar-refractivity contribution is 0.202. The number of halogens is 1. The second-order valence-electron chi connectivity index (χ2n) is 6.97. The maximum Gasteiger partial charge on any atom is 0.258 e.